The molecule has 4 nitrogen and oxygen atoms in total. The Balaban J connectivity index is 2.09. The molecule has 0 spiro atoms. The molecule has 0 amide bonds. The van der Waals surface area contributed by atoms with Gasteiger partial charge in [0.1, 0.15) is 0 Å². The van der Waals surface area contributed by atoms with Gasteiger partial charge in [-0.1, -0.05) is 6.07 Å². The van der Waals surface area contributed by atoms with Gasteiger partial charge < -0.3 is 5.11 Å². The van der Waals surface area contributed by atoms with Gasteiger partial charge >= 0.3 is 5.97 Å². The lowest BCUT2D eigenvalue weighted by molar-refractivity contribution is -0.140. The number of aromatic nitrogens is 1. The molecule has 1 fully saturated rings. The zero-order chi connectivity index (χ0) is 13.9. The second kappa shape index (κ2) is 5.70. The molecule has 1 aliphatic rings. The van der Waals surface area contributed by atoms with Gasteiger partial charge in [0.25, 0.3) is 0 Å². The van der Waals surface area contributed by atoms with Crippen molar-refractivity contribution in [3.8, 4) is 0 Å². The molecule has 0 bridgehead atoms. The monoisotopic (exact) mass is 262 g/mol. The van der Waals surface area contributed by atoms with Crippen molar-refractivity contribution in [2.75, 3.05) is 6.54 Å². The molecule has 0 radical (unpaired) electrons. The minimum absolute atomic E-state index is 0.0891. The van der Waals surface area contributed by atoms with Gasteiger partial charge in [0.05, 0.1) is 5.69 Å². The van der Waals surface area contributed by atoms with E-state index in [0.29, 0.717) is 0 Å². The summed E-state index contributed by atoms with van der Waals surface area (Å²) in [6, 6.07) is 5.93. The number of pyridine rings is 1. The number of hydrogen-bond donors (Lipinski definition) is 1. The van der Waals surface area contributed by atoms with Crippen LogP contribution in [0.4, 0.5) is 0 Å². The van der Waals surface area contributed by atoms with Crippen LogP contribution in [-0.4, -0.2) is 33.0 Å². The van der Waals surface area contributed by atoms with E-state index in [4.69, 9.17) is 5.11 Å². The van der Waals surface area contributed by atoms with E-state index in [1.807, 2.05) is 18.2 Å². The molecule has 2 heterocycles. The highest BCUT2D eigenvalue weighted by Crippen LogP contribution is 2.36. The van der Waals surface area contributed by atoms with E-state index in [1.165, 1.54) is 0 Å². The summed E-state index contributed by atoms with van der Waals surface area (Å²) >= 11 is 0. The predicted molar refractivity (Wildman–Crippen MR) is 73.7 cm³/mol. The first-order valence-electron chi connectivity index (χ1n) is 6.87. The lowest BCUT2D eigenvalue weighted by atomic mass is 9.77. The quantitative estimate of drug-likeness (QED) is 0.906. The van der Waals surface area contributed by atoms with Gasteiger partial charge in [0.2, 0.25) is 0 Å². The van der Waals surface area contributed by atoms with Crippen LogP contribution in [0.5, 0.6) is 0 Å². The highest BCUT2D eigenvalue weighted by molar-refractivity contribution is 5.67. The summed E-state index contributed by atoms with van der Waals surface area (Å²) in [6.07, 6.45) is 4.12. The van der Waals surface area contributed by atoms with E-state index in [2.05, 4.69) is 23.7 Å². The summed E-state index contributed by atoms with van der Waals surface area (Å²) in [5.74, 6) is -0.486. The Labute approximate surface area is 114 Å². The third kappa shape index (κ3) is 3.32. The zero-order valence-corrected chi connectivity index (χ0v) is 11.7. The fraction of sp³-hybridized carbons (Fsp3) is 0.600. The molecule has 2 rings (SSSR count). The Morgan fingerprint density at radius 1 is 1.53 bits per heavy atom. The first-order valence-corrected chi connectivity index (χ1v) is 6.87. The van der Waals surface area contributed by atoms with Gasteiger partial charge in [-0.3, -0.25) is 14.7 Å². The van der Waals surface area contributed by atoms with Crippen molar-refractivity contribution in [2.24, 2.45) is 5.92 Å². The Hall–Kier alpha value is -1.42. The minimum atomic E-state index is -0.697. The van der Waals surface area contributed by atoms with Gasteiger partial charge in [-0.05, 0) is 51.3 Å². The van der Waals surface area contributed by atoms with Crippen LogP contribution in [0, 0.1) is 5.92 Å². The summed E-state index contributed by atoms with van der Waals surface area (Å²) in [7, 11) is 0. The van der Waals surface area contributed by atoms with Gasteiger partial charge in [-0.25, -0.2) is 0 Å². The predicted octanol–water partition coefficient (Wildman–Crippen LogP) is 2.55. The van der Waals surface area contributed by atoms with Crippen molar-refractivity contribution < 1.29 is 9.90 Å². The van der Waals surface area contributed by atoms with Gasteiger partial charge in [0, 0.05) is 24.7 Å². The molecular weight excluding hydrogens is 240 g/mol. The van der Waals surface area contributed by atoms with Gasteiger partial charge in [-0.15, -0.1) is 0 Å². The van der Waals surface area contributed by atoms with E-state index >= 15 is 0 Å². The molecule has 1 atom stereocenters. The van der Waals surface area contributed by atoms with Crippen LogP contribution in [0.15, 0.2) is 24.4 Å². The van der Waals surface area contributed by atoms with E-state index in [1.54, 1.807) is 6.20 Å². The number of rotatable bonds is 4. The fourth-order valence-corrected chi connectivity index (χ4v) is 2.96. The maximum absolute atomic E-state index is 11.0. The normalized spacial score (nSPS) is 23.2. The zero-order valence-electron chi connectivity index (χ0n) is 11.7. The second-order valence-corrected chi connectivity index (χ2v) is 5.83. The minimum Gasteiger partial charge on any atom is -0.481 e. The summed E-state index contributed by atoms with van der Waals surface area (Å²) in [5, 5.41) is 9.04. The van der Waals surface area contributed by atoms with Crippen LogP contribution in [0.1, 0.15) is 38.8 Å². The Kier molecular flexibility index (Phi) is 4.20. The van der Waals surface area contributed by atoms with E-state index in [0.717, 1.165) is 31.6 Å². The molecular formula is C15H22N2O2. The molecule has 1 saturated heterocycles. The average Bonchev–Trinajstić information content (AvgIpc) is 2.35. The number of likely N-dealkylation sites (tertiary alicyclic amines) is 1. The first kappa shape index (κ1) is 14.0. The van der Waals surface area contributed by atoms with Crippen molar-refractivity contribution in [2.45, 2.75) is 45.2 Å². The highest BCUT2D eigenvalue weighted by Gasteiger charge is 2.39. The van der Waals surface area contributed by atoms with E-state index < -0.39 is 5.97 Å². The largest absolute Gasteiger partial charge is 0.481 e. The Morgan fingerprint density at radius 3 is 2.95 bits per heavy atom. The molecule has 1 aromatic heterocycles. The van der Waals surface area contributed by atoms with Crippen molar-refractivity contribution in [1.29, 1.82) is 0 Å². The summed E-state index contributed by atoms with van der Waals surface area (Å²) in [4.78, 5) is 17.7. The smallest absolute Gasteiger partial charge is 0.303 e. The second-order valence-electron chi connectivity index (χ2n) is 5.83. The topological polar surface area (TPSA) is 53.4 Å². The van der Waals surface area contributed by atoms with Crippen molar-refractivity contribution in [1.82, 2.24) is 9.88 Å². The number of hydrogen-bond acceptors (Lipinski definition) is 3. The number of nitrogens with zero attached hydrogens (tertiary/aromatic N) is 2. The summed E-state index contributed by atoms with van der Waals surface area (Å²) in [6.45, 7) is 6.12. The number of aliphatic carboxylic acids is 1. The molecule has 1 aliphatic heterocycles. The van der Waals surface area contributed by atoms with Crippen molar-refractivity contribution in [3.05, 3.63) is 30.1 Å². The van der Waals surface area contributed by atoms with Gasteiger partial charge in [-0.2, -0.15) is 0 Å². The van der Waals surface area contributed by atoms with Crippen LogP contribution in [0.25, 0.3) is 0 Å². The van der Waals surface area contributed by atoms with E-state index in [9.17, 15) is 4.79 Å². The van der Waals surface area contributed by atoms with Crippen LogP contribution in [-0.2, 0) is 11.3 Å². The van der Waals surface area contributed by atoms with Crippen LogP contribution < -0.4 is 0 Å². The number of piperidine rings is 1. The number of carbonyl (C=O) groups is 1. The van der Waals surface area contributed by atoms with Crippen LogP contribution >= 0.6 is 0 Å². The molecule has 104 valence electrons. The van der Waals surface area contributed by atoms with Crippen LogP contribution in [0.3, 0.4) is 0 Å². The first-order chi connectivity index (χ1) is 9.00. The molecule has 4 heteroatoms. The molecule has 1 unspecified atom stereocenters. The average molecular weight is 262 g/mol. The Morgan fingerprint density at radius 2 is 2.32 bits per heavy atom. The SMILES string of the molecule is CC1(C)C(CC(=O)O)CCCN1Cc1ccccn1. The third-order valence-electron chi connectivity index (χ3n) is 4.29. The van der Waals surface area contributed by atoms with Crippen molar-refractivity contribution in [3.63, 3.8) is 0 Å². The lowest BCUT2D eigenvalue weighted by Crippen LogP contribution is -2.53. The Bertz CT molecular complexity index is 431. The molecule has 0 saturated carbocycles. The lowest BCUT2D eigenvalue weighted by Gasteiger charge is -2.47. The molecule has 0 aliphatic carbocycles. The standard InChI is InChI=1S/C15H22N2O2/c1-15(2)12(10-14(18)19)6-5-9-17(15)11-13-7-3-4-8-16-13/h3-4,7-8,12H,5-6,9-11H2,1-2H3,(H,18,19). The maximum Gasteiger partial charge on any atom is 0.303 e. The van der Waals surface area contributed by atoms with Crippen LogP contribution in [0.2, 0.25) is 0 Å². The maximum atomic E-state index is 11.0. The third-order valence-corrected chi connectivity index (χ3v) is 4.29. The number of carboxylic acids is 1. The summed E-state index contributed by atoms with van der Waals surface area (Å²) < 4.78 is 0. The fourth-order valence-electron chi connectivity index (χ4n) is 2.96. The molecule has 1 N–H and O–H groups in total. The molecule has 19 heavy (non-hydrogen) atoms. The number of carboxylic acid groups (broad SMARTS) is 1. The summed E-state index contributed by atoms with van der Waals surface area (Å²) in [5.41, 5.74) is 0.959. The highest BCUT2D eigenvalue weighted by atomic mass is 16.4. The van der Waals surface area contributed by atoms with Crippen molar-refractivity contribution >= 4 is 5.97 Å². The molecule has 0 aromatic carbocycles. The van der Waals surface area contributed by atoms with Gasteiger partial charge in [0.15, 0.2) is 0 Å². The van der Waals surface area contributed by atoms with E-state index in [-0.39, 0.29) is 17.9 Å². The molecule has 1 aromatic rings.